The summed E-state index contributed by atoms with van der Waals surface area (Å²) in [6.07, 6.45) is 4.43. The van der Waals surface area contributed by atoms with Crippen molar-refractivity contribution in [3.05, 3.63) is 11.2 Å². The van der Waals surface area contributed by atoms with Crippen LogP contribution < -0.4 is 15.2 Å². The van der Waals surface area contributed by atoms with Gasteiger partial charge < -0.3 is 15.2 Å². The quantitative estimate of drug-likeness (QED) is 0.869. The van der Waals surface area contributed by atoms with Gasteiger partial charge in [0, 0.05) is 6.04 Å². The Labute approximate surface area is 98.9 Å². The number of nitrogens with two attached hydrogens (primary N) is 1. The smallest absolute Gasteiger partial charge is 0.319 e. The Kier molecular flexibility index (Phi) is 3.46. The van der Waals surface area contributed by atoms with E-state index in [0.717, 1.165) is 19.3 Å². The van der Waals surface area contributed by atoms with Crippen LogP contribution in [0.5, 0.6) is 11.9 Å². The molecule has 5 nitrogen and oxygen atoms in total. The zero-order chi connectivity index (χ0) is 11.5. The number of ether oxygens (including phenoxy) is 2. The summed E-state index contributed by atoms with van der Waals surface area (Å²) < 4.78 is 10.6. The molecule has 0 aliphatic heterocycles. The van der Waals surface area contributed by atoms with Crippen molar-refractivity contribution < 1.29 is 9.47 Å². The molecule has 16 heavy (non-hydrogen) atoms. The van der Waals surface area contributed by atoms with Gasteiger partial charge in [-0.15, -0.1) is 0 Å². The maximum Gasteiger partial charge on any atom is 0.319 e. The zero-order valence-corrected chi connectivity index (χ0v) is 9.78. The highest BCUT2D eigenvalue weighted by Gasteiger charge is 2.26. The largest absolute Gasteiger partial charge is 0.471 e. The first-order chi connectivity index (χ1) is 7.70. The minimum absolute atomic E-state index is 0.0166. The standard InChI is InChI=1S/C10H14ClN3O2/c1-15-10-13-5-6(11)9(14-10)16-8-4-2-3-7(8)12/h5,7-8H,2-4,12H2,1H3. The lowest BCUT2D eigenvalue weighted by Gasteiger charge is -2.17. The molecular formula is C10H14ClN3O2. The average Bonchev–Trinajstić information content (AvgIpc) is 2.68. The minimum Gasteiger partial charge on any atom is -0.471 e. The Morgan fingerprint density at radius 2 is 2.31 bits per heavy atom. The van der Waals surface area contributed by atoms with Crippen LogP contribution in [0.2, 0.25) is 5.02 Å². The van der Waals surface area contributed by atoms with E-state index in [2.05, 4.69) is 9.97 Å². The predicted molar refractivity (Wildman–Crippen MR) is 59.8 cm³/mol. The summed E-state index contributed by atoms with van der Waals surface area (Å²) in [4.78, 5) is 7.92. The van der Waals surface area contributed by atoms with Crippen molar-refractivity contribution in [3.63, 3.8) is 0 Å². The van der Waals surface area contributed by atoms with Gasteiger partial charge in [0.25, 0.3) is 0 Å². The summed E-state index contributed by atoms with van der Waals surface area (Å²) in [5.74, 6) is 0.343. The topological polar surface area (TPSA) is 70.3 Å². The summed E-state index contributed by atoms with van der Waals surface area (Å²) in [5, 5.41) is 0.375. The van der Waals surface area contributed by atoms with E-state index in [1.165, 1.54) is 13.3 Å². The molecule has 2 N–H and O–H groups in total. The highest BCUT2D eigenvalue weighted by Crippen LogP contribution is 2.28. The first-order valence-corrected chi connectivity index (χ1v) is 5.57. The van der Waals surface area contributed by atoms with Gasteiger partial charge in [-0.2, -0.15) is 4.98 Å². The number of aromatic nitrogens is 2. The van der Waals surface area contributed by atoms with Crippen molar-refractivity contribution in [1.82, 2.24) is 9.97 Å². The Hall–Kier alpha value is -1.07. The van der Waals surface area contributed by atoms with E-state index in [0.29, 0.717) is 10.9 Å². The molecule has 1 fully saturated rings. The van der Waals surface area contributed by atoms with Crippen molar-refractivity contribution in [2.75, 3.05) is 7.11 Å². The summed E-state index contributed by atoms with van der Waals surface area (Å²) in [5.41, 5.74) is 5.90. The van der Waals surface area contributed by atoms with Crippen LogP contribution in [-0.4, -0.2) is 29.2 Å². The minimum atomic E-state index is -0.0166. The fourth-order valence-corrected chi connectivity index (χ4v) is 1.90. The van der Waals surface area contributed by atoms with Gasteiger partial charge in [0.1, 0.15) is 11.1 Å². The van der Waals surface area contributed by atoms with Gasteiger partial charge in [-0.1, -0.05) is 11.6 Å². The van der Waals surface area contributed by atoms with Gasteiger partial charge in [0.2, 0.25) is 5.88 Å². The van der Waals surface area contributed by atoms with Gasteiger partial charge in [-0.05, 0) is 19.3 Å². The van der Waals surface area contributed by atoms with Crippen molar-refractivity contribution in [3.8, 4) is 11.9 Å². The third-order valence-corrected chi connectivity index (χ3v) is 2.90. The van der Waals surface area contributed by atoms with E-state index in [4.69, 9.17) is 26.8 Å². The monoisotopic (exact) mass is 243 g/mol. The molecule has 0 aromatic carbocycles. The number of methoxy groups -OCH3 is 1. The lowest BCUT2D eigenvalue weighted by atomic mass is 10.2. The molecule has 6 heteroatoms. The molecule has 1 aromatic rings. The van der Waals surface area contributed by atoms with Crippen molar-refractivity contribution >= 4 is 11.6 Å². The maximum absolute atomic E-state index is 5.93. The molecule has 1 aliphatic rings. The van der Waals surface area contributed by atoms with Gasteiger partial charge in [-0.3, -0.25) is 0 Å². The van der Waals surface area contributed by atoms with Gasteiger partial charge in [0.05, 0.1) is 13.3 Å². The average molecular weight is 244 g/mol. The van der Waals surface area contributed by atoms with Crippen LogP contribution in [0.4, 0.5) is 0 Å². The Bertz CT molecular complexity index is 375. The maximum atomic E-state index is 5.93. The predicted octanol–water partition coefficient (Wildman–Crippen LogP) is 1.40. The van der Waals surface area contributed by atoms with Crippen LogP contribution in [-0.2, 0) is 0 Å². The molecule has 0 spiro atoms. The van der Waals surface area contributed by atoms with Crippen molar-refractivity contribution in [2.45, 2.75) is 31.4 Å². The van der Waals surface area contributed by atoms with Gasteiger partial charge in [-0.25, -0.2) is 4.98 Å². The molecule has 1 aliphatic carbocycles. The second-order valence-corrected chi connectivity index (χ2v) is 4.17. The SMILES string of the molecule is COc1ncc(Cl)c(OC2CCCC2N)n1. The first-order valence-electron chi connectivity index (χ1n) is 5.19. The van der Waals surface area contributed by atoms with E-state index in [1.54, 1.807) is 0 Å². The molecule has 0 saturated heterocycles. The summed E-state index contributed by atoms with van der Waals surface area (Å²) >= 11 is 5.93. The first kappa shape index (κ1) is 11.4. The van der Waals surface area contributed by atoms with E-state index >= 15 is 0 Å². The third kappa shape index (κ3) is 2.36. The molecule has 2 atom stereocenters. The lowest BCUT2D eigenvalue weighted by Crippen LogP contribution is -2.33. The summed E-state index contributed by atoms with van der Waals surface area (Å²) in [6.45, 7) is 0. The van der Waals surface area contributed by atoms with Crippen LogP contribution in [0.25, 0.3) is 0 Å². The van der Waals surface area contributed by atoms with Crippen LogP contribution in [0.15, 0.2) is 6.20 Å². The zero-order valence-electron chi connectivity index (χ0n) is 9.02. The number of hydrogen-bond donors (Lipinski definition) is 1. The van der Waals surface area contributed by atoms with Crippen LogP contribution in [0.1, 0.15) is 19.3 Å². The third-order valence-electron chi connectivity index (χ3n) is 2.64. The van der Waals surface area contributed by atoms with E-state index in [1.807, 2.05) is 0 Å². The second kappa shape index (κ2) is 4.84. The molecule has 1 heterocycles. The highest BCUT2D eigenvalue weighted by molar-refractivity contribution is 6.31. The van der Waals surface area contributed by atoms with Gasteiger partial charge in [0.15, 0.2) is 0 Å². The van der Waals surface area contributed by atoms with Gasteiger partial charge >= 0.3 is 6.01 Å². The molecule has 1 aromatic heterocycles. The van der Waals surface area contributed by atoms with E-state index < -0.39 is 0 Å². The molecule has 0 amide bonds. The van der Waals surface area contributed by atoms with Crippen LogP contribution in [0.3, 0.4) is 0 Å². The van der Waals surface area contributed by atoms with E-state index in [-0.39, 0.29) is 18.2 Å². The summed E-state index contributed by atoms with van der Waals surface area (Å²) in [6, 6.07) is 0.294. The second-order valence-electron chi connectivity index (χ2n) is 3.76. The Morgan fingerprint density at radius 3 is 2.94 bits per heavy atom. The molecule has 2 unspecified atom stereocenters. The van der Waals surface area contributed by atoms with E-state index in [9.17, 15) is 0 Å². The normalized spacial score (nSPS) is 24.4. The molecule has 1 saturated carbocycles. The fourth-order valence-electron chi connectivity index (χ4n) is 1.76. The number of halogens is 1. The Morgan fingerprint density at radius 1 is 1.50 bits per heavy atom. The van der Waals surface area contributed by atoms with Crippen molar-refractivity contribution in [2.24, 2.45) is 5.73 Å². The summed E-state index contributed by atoms with van der Waals surface area (Å²) in [7, 11) is 1.49. The molecule has 0 bridgehead atoms. The fraction of sp³-hybridized carbons (Fsp3) is 0.600. The lowest BCUT2D eigenvalue weighted by molar-refractivity contribution is 0.181. The number of nitrogens with zero attached hydrogens (tertiary/aromatic N) is 2. The molecular weight excluding hydrogens is 230 g/mol. The van der Waals surface area contributed by atoms with Crippen molar-refractivity contribution in [1.29, 1.82) is 0 Å². The van der Waals surface area contributed by atoms with Crippen LogP contribution in [0, 0.1) is 0 Å². The molecule has 88 valence electrons. The molecule has 0 radical (unpaired) electrons. The Balaban J connectivity index is 2.13. The number of rotatable bonds is 3. The number of hydrogen-bond acceptors (Lipinski definition) is 5. The van der Waals surface area contributed by atoms with Crippen LogP contribution >= 0.6 is 11.6 Å². The molecule has 2 rings (SSSR count). The highest BCUT2D eigenvalue weighted by atomic mass is 35.5.